The quantitative estimate of drug-likeness (QED) is 0.0412. The molecule has 3 aromatic rings. The van der Waals surface area contributed by atoms with Crippen molar-refractivity contribution in [1.82, 2.24) is 30.7 Å². The third-order valence-electron chi connectivity index (χ3n) is 17.0. The topological polar surface area (TPSA) is 330 Å². The van der Waals surface area contributed by atoms with Crippen molar-refractivity contribution in [1.29, 1.82) is 0 Å². The molecule has 5 heterocycles. The lowest BCUT2D eigenvalue weighted by Gasteiger charge is -2.24. The van der Waals surface area contributed by atoms with Gasteiger partial charge in [0.2, 0.25) is 23.6 Å². The zero-order valence-electron chi connectivity index (χ0n) is 58.0. The van der Waals surface area contributed by atoms with Gasteiger partial charge in [-0.2, -0.15) is 0 Å². The summed E-state index contributed by atoms with van der Waals surface area (Å²) < 4.78 is 67.7. The third kappa shape index (κ3) is 22.8. The van der Waals surface area contributed by atoms with Gasteiger partial charge >= 0.3 is 0 Å². The molecule has 6 aliphatic rings. The Bertz CT molecular complexity index is 3500. The molecule has 5 aliphatic heterocycles. The highest BCUT2D eigenvalue weighted by atomic mass is 16.6. The Kier molecular flexibility index (Phi) is 29.7. The number of benzene rings is 3. The summed E-state index contributed by atoms with van der Waals surface area (Å²) >= 11 is 0. The average Bonchev–Trinajstić information content (AvgIpc) is 1.65. The minimum Gasteiger partial charge on any atom is -0.493 e. The SMILES string of the molecule is COc1cc2c(cc1OCCCOc1cc3c(cc1OC)C(=O)N1C=C(C4CC4)CC1C=N3)N=CC1CC(c3ccc(NC(=O)[C@H](C)NC(=O)[C@@H](NC(=O)CCOCCOCCOCCOCCOCCOCCOCCOCCNC(=O)CCN4C(=O)C=CC4=O)C(C)C)cc3)=CN1C2=O. The Morgan fingerprint density at radius 1 is 0.535 bits per heavy atom. The van der Waals surface area contributed by atoms with Gasteiger partial charge in [-0.15, -0.1) is 0 Å². The molecule has 0 radical (unpaired) electrons. The Labute approximate surface area is 587 Å². The number of methoxy groups -OCH3 is 2. The van der Waals surface area contributed by atoms with E-state index in [0.717, 1.165) is 22.5 Å². The smallest absolute Gasteiger partial charge is 0.260 e. The van der Waals surface area contributed by atoms with Crippen LogP contribution in [0, 0.1) is 11.8 Å². The fraction of sp³-hybridized carbons (Fsp3) is 0.528. The third-order valence-corrected chi connectivity index (χ3v) is 17.0. The van der Waals surface area contributed by atoms with Crippen LogP contribution in [0.5, 0.6) is 23.0 Å². The molecular formula is C72H93N9O20. The van der Waals surface area contributed by atoms with Crippen molar-refractivity contribution in [2.24, 2.45) is 21.8 Å². The van der Waals surface area contributed by atoms with E-state index in [1.165, 1.54) is 44.8 Å². The van der Waals surface area contributed by atoms with Gasteiger partial charge in [0.15, 0.2) is 23.0 Å². The van der Waals surface area contributed by atoms with Crippen molar-refractivity contribution in [3.63, 3.8) is 0 Å². The van der Waals surface area contributed by atoms with Crippen molar-refractivity contribution in [2.75, 3.05) is 152 Å². The van der Waals surface area contributed by atoms with E-state index in [0.29, 0.717) is 169 Å². The first-order valence-corrected chi connectivity index (χ1v) is 34.4. The number of amides is 8. The number of hydrogen-bond donors (Lipinski definition) is 4. The molecule has 8 amide bonds. The van der Waals surface area contributed by atoms with Crippen molar-refractivity contribution >= 4 is 82.3 Å². The lowest BCUT2D eigenvalue weighted by atomic mass is 10.0. The van der Waals surface area contributed by atoms with Crippen LogP contribution in [-0.2, 0) is 66.7 Å². The number of nitrogens with one attached hydrogen (secondary N) is 4. The van der Waals surface area contributed by atoms with Gasteiger partial charge in [-0.05, 0) is 79.0 Å². The summed E-state index contributed by atoms with van der Waals surface area (Å²) in [6, 6.07) is 11.7. The molecule has 546 valence electrons. The maximum atomic E-state index is 14.1. The summed E-state index contributed by atoms with van der Waals surface area (Å²) in [5.41, 5.74) is 5.33. The number of hydrogen-bond acceptors (Lipinski definition) is 22. The predicted molar refractivity (Wildman–Crippen MR) is 370 cm³/mol. The van der Waals surface area contributed by atoms with Crippen LogP contribution in [0.4, 0.5) is 17.1 Å². The first-order chi connectivity index (χ1) is 49.1. The Morgan fingerprint density at radius 3 is 1.51 bits per heavy atom. The Balaban J connectivity index is 0.570. The van der Waals surface area contributed by atoms with Crippen molar-refractivity contribution in [3.8, 4) is 23.0 Å². The Hall–Kier alpha value is -8.94. The molecule has 4 N–H and O–H groups in total. The number of carbonyl (C=O) groups excluding carboxylic acids is 8. The highest BCUT2D eigenvalue weighted by molar-refractivity contribution is 6.13. The van der Waals surface area contributed by atoms with Crippen LogP contribution in [0.3, 0.4) is 0 Å². The minimum absolute atomic E-state index is 0.0148. The van der Waals surface area contributed by atoms with Gasteiger partial charge < -0.3 is 87.9 Å². The standard InChI is InChI=1S/C72H93N9O20/c1-47(2)68(78-65(83)16-21-92-23-25-94-27-29-96-31-33-98-35-36-99-34-32-97-30-28-95-26-24-93-22-17-73-64(82)15-18-79-66(84)13-14-67(79)85)70(87)76-48(3)69(86)77-53-11-9-50(10-12-53)52-38-55-44-75-59-42-63(61(91-5)40-57(59)72(89)81(55)46-52)101-20-6-19-100-62-41-58-56(39-60(62)90-4)71(88)80-45-51(49-7-8-49)37-54(80)43-74-58/h9-14,39-49,54-55,68H,6-8,15-38H2,1-5H3,(H,73,82)(H,76,87)(H,77,86)(H,78,83)/t48-,54?,55?,68-/m0/s1. The summed E-state index contributed by atoms with van der Waals surface area (Å²) in [6.45, 7) is 11.7. The summed E-state index contributed by atoms with van der Waals surface area (Å²) in [4.78, 5) is 116. The number of fused-ring (bicyclic) bond motifs is 4. The Morgan fingerprint density at radius 2 is 1.02 bits per heavy atom. The molecule has 1 aliphatic carbocycles. The molecule has 101 heavy (non-hydrogen) atoms. The van der Waals surface area contributed by atoms with Gasteiger partial charge in [0.25, 0.3) is 23.6 Å². The maximum Gasteiger partial charge on any atom is 0.260 e. The van der Waals surface area contributed by atoms with Gasteiger partial charge in [0, 0.05) is 93.6 Å². The van der Waals surface area contributed by atoms with E-state index in [-0.39, 0.29) is 87.4 Å². The predicted octanol–water partition coefficient (Wildman–Crippen LogP) is 5.29. The van der Waals surface area contributed by atoms with Crippen LogP contribution in [0.1, 0.15) is 92.0 Å². The monoisotopic (exact) mass is 1400 g/mol. The highest BCUT2D eigenvalue weighted by Crippen LogP contribution is 2.45. The fourth-order valence-corrected chi connectivity index (χ4v) is 11.3. The highest BCUT2D eigenvalue weighted by Gasteiger charge is 2.39. The number of aliphatic imine (C=N–C) groups is 2. The summed E-state index contributed by atoms with van der Waals surface area (Å²) in [5.74, 6) is -0.819. The van der Waals surface area contributed by atoms with Crippen LogP contribution in [-0.4, -0.2) is 245 Å². The maximum absolute atomic E-state index is 14.1. The molecule has 0 aromatic heterocycles. The summed E-state index contributed by atoms with van der Waals surface area (Å²) in [7, 11) is 3.05. The van der Waals surface area contributed by atoms with Gasteiger partial charge in [-0.1, -0.05) is 26.0 Å². The second kappa shape index (κ2) is 39.3. The first kappa shape index (κ1) is 76.2. The molecule has 0 saturated heterocycles. The zero-order chi connectivity index (χ0) is 71.5. The molecular weight excluding hydrogens is 1310 g/mol. The largest absolute Gasteiger partial charge is 0.493 e. The summed E-state index contributed by atoms with van der Waals surface area (Å²) in [6.07, 6.45) is 14.0. The second-order valence-electron chi connectivity index (χ2n) is 24.7. The van der Waals surface area contributed by atoms with E-state index >= 15 is 0 Å². The van der Waals surface area contributed by atoms with E-state index < -0.39 is 35.7 Å². The second-order valence-corrected chi connectivity index (χ2v) is 24.7. The van der Waals surface area contributed by atoms with E-state index in [1.54, 1.807) is 73.2 Å². The van der Waals surface area contributed by atoms with Crippen molar-refractivity contribution in [2.45, 2.75) is 89.9 Å². The van der Waals surface area contributed by atoms with Crippen molar-refractivity contribution < 1.29 is 95.2 Å². The lowest BCUT2D eigenvalue weighted by molar-refractivity contribution is -0.137. The van der Waals surface area contributed by atoms with Gasteiger partial charge in [0.05, 0.1) is 168 Å². The number of imide groups is 1. The molecule has 4 atom stereocenters. The number of nitrogens with zero attached hydrogens (tertiary/aromatic N) is 5. The molecule has 3 aromatic carbocycles. The van der Waals surface area contributed by atoms with Crippen LogP contribution in [0.15, 0.2) is 88.6 Å². The van der Waals surface area contributed by atoms with Gasteiger partial charge in [0.1, 0.15) is 12.1 Å². The number of carbonyl (C=O) groups is 8. The minimum atomic E-state index is -0.938. The van der Waals surface area contributed by atoms with E-state index in [9.17, 15) is 38.4 Å². The zero-order valence-corrected chi connectivity index (χ0v) is 58.0. The first-order valence-electron chi connectivity index (χ1n) is 34.4. The van der Waals surface area contributed by atoms with Gasteiger partial charge in [-0.25, -0.2) is 0 Å². The molecule has 29 heteroatoms. The van der Waals surface area contributed by atoms with Crippen LogP contribution in [0.2, 0.25) is 0 Å². The van der Waals surface area contributed by atoms with E-state index in [1.807, 2.05) is 30.7 Å². The number of rotatable bonds is 46. The van der Waals surface area contributed by atoms with E-state index in [4.69, 9.17) is 66.8 Å². The van der Waals surface area contributed by atoms with Crippen LogP contribution >= 0.6 is 0 Å². The van der Waals surface area contributed by atoms with Gasteiger partial charge in [-0.3, -0.25) is 53.2 Å². The summed E-state index contributed by atoms with van der Waals surface area (Å²) in [5, 5.41) is 11.0. The van der Waals surface area contributed by atoms with Crippen molar-refractivity contribution in [3.05, 3.63) is 95.3 Å². The molecule has 1 fully saturated rings. The lowest BCUT2D eigenvalue weighted by Crippen LogP contribution is -2.53. The molecule has 9 rings (SSSR count). The van der Waals surface area contributed by atoms with E-state index in [2.05, 4.69) is 21.3 Å². The molecule has 0 spiro atoms. The van der Waals surface area contributed by atoms with Crippen LogP contribution in [0.25, 0.3) is 5.57 Å². The number of ether oxygens (including phenoxy) is 12. The average molecular weight is 1400 g/mol. The van der Waals surface area contributed by atoms with Crippen LogP contribution < -0.4 is 40.2 Å². The normalized spacial score (nSPS) is 17.2. The molecule has 1 saturated carbocycles. The molecule has 29 nitrogen and oxygen atoms in total. The molecule has 0 bridgehead atoms. The molecule has 2 unspecified atom stereocenters. The number of anilines is 1. The fourth-order valence-electron chi connectivity index (χ4n) is 11.3.